The minimum Gasteiger partial charge on any atom is -0.307 e. The predicted octanol–water partition coefficient (Wildman–Crippen LogP) is 6.31. The number of pyridine rings is 1. The summed E-state index contributed by atoms with van der Waals surface area (Å²) in [6, 6.07) is 16.4. The van der Waals surface area contributed by atoms with Gasteiger partial charge in [-0.2, -0.15) is 13.2 Å². The molecule has 0 aliphatic carbocycles. The Bertz CT molecular complexity index is 1680. The Kier molecular flexibility index (Phi) is 7.15. The standard InChI is InChI=1S/C26H21F3N8OS/c1-15(2)17-5-3-4-6-19(17)33-25(38)36-39-31-13-16-7-8-18-20(32-16)9-10-21-24(18)30-14-37(21)23-12-11-22(34-35-23)26(27,28)29/h3-15H,1-2H3,(H2,33,36,38)/b31-13+. The summed E-state index contributed by atoms with van der Waals surface area (Å²) in [6.45, 7) is 4.11. The fourth-order valence-corrected chi connectivity index (χ4v) is 4.32. The van der Waals surface area contributed by atoms with Crippen LogP contribution in [0, 0.1) is 0 Å². The first-order valence-corrected chi connectivity index (χ1v) is 12.5. The molecule has 3 heterocycles. The third-order valence-electron chi connectivity index (χ3n) is 5.80. The highest BCUT2D eigenvalue weighted by atomic mass is 32.2. The number of hydrogen-bond acceptors (Lipinski definition) is 7. The number of carbonyl (C=O) groups is 1. The van der Waals surface area contributed by atoms with E-state index in [1.165, 1.54) is 18.6 Å². The van der Waals surface area contributed by atoms with Crippen LogP contribution in [0.4, 0.5) is 23.7 Å². The van der Waals surface area contributed by atoms with E-state index >= 15 is 0 Å². The molecule has 0 radical (unpaired) electrons. The van der Waals surface area contributed by atoms with Crippen LogP contribution in [0.15, 0.2) is 71.4 Å². The molecule has 0 spiro atoms. The molecule has 0 saturated carbocycles. The number of rotatable bonds is 6. The van der Waals surface area contributed by atoms with Crippen molar-refractivity contribution in [2.75, 3.05) is 5.32 Å². The number of imidazole rings is 1. The smallest absolute Gasteiger partial charge is 0.307 e. The second-order valence-corrected chi connectivity index (χ2v) is 9.35. The van der Waals surface area contributed by atoms with Crippen LogP contribution < -0.4 is 10.0 Å². The highest BCUT2D eigenvalue weighted by Crippen LogP contribution is 2.29. The molecular formula is C26H21F3N8OS. The lowest BCUT2D eigenvalue weighted by Gasteiger charge is -2.13. The van der Waals surface area contributed by atoms with Gasteiger partial charge in [-0.3, -0.25) is 9.29 Å². The molecule has 2 N–H and O–H groups in total. The molecule has 5 aromatic rings. The monoisotopic (exact) mass is 550 g/mol. The number of urea groups is 1. The number of alkyl halides is 3. The summed E-state index contributed by atoms with van der Waals surface area (Å²) < 4.78 is 46.8. The van der Waals surface area contributed by atoms with Gasteiger partial charge in [0.05, 0.1) is 40.6 Å². The van der Waals surface area contributed by atoms with Crippen molar-refractivity contribution in [2.24, 2.45) is 4.40 Å². The van der Waals surface area contributed by atoms with E-state index in [2.05, 4.69) is 48.4 Å². The van der Waals surface area contributed by atoms with Crippen molar-refractivity contribution in [3.63, 3.8) is 0 Å². The van der Waals surface area contributed by atoms with E-state index in [-0.39, 0.29) is 11.7 Å². The Morgan fingerprint density at radius 2 is 1.87 bits per heavy atom. The molecule has 13 heteroatoms. The van der Waals surface area contributed by atoms with E-state index in [1.54, 1.807) is 22.8 Å². The zero-order valence-corrected chi connectivity index (χ0v) is 21.5. The number of amides is 2. The lowest BCUT2D eigenvalue weighted by Crippen LogP contribution is -2.23. The number of para-hydroxylation sites is 1. The molecular weight excluding hydrogens is 529 g/mol. The molecule has 9 nitrogen and oxygen atoms in total. The van der Waals surface area contributed by atoms with Gasteiger partial charge in [0.15, 0.2) is 11.5 Å². The zero-order chi connectivity index (χ0) is 27.6. The van der Waals surface area contributed by atoms with Gasteiger partial charge in [0.25, 0.3) is 0 Å². The topological polar surface area (TPSA) is 110 Å². The summed E-state index contributed by atoms with van der Waals surface area (Å²) >= 11 is 0.869. The first-order valence-electron chi connectivity index (χ1n) is 11.7. The summed E-state index contributed by atoms with van der Waals surface area (Å²) in [5, 5.41) is 10.6. The van der Waals surface area contributed by atoms with Crippen molar-refractivity contribution in [2.45, 2.75) is 25.9 Å². The number of nitrogens with one attached hydrogen (secondary N) is 2. The fourth-order valence-electron chi connectivity index (χ4n) is 3.97. The van der Waals surface area contributed by atoms with Gasteiger partial charge in [-0.25, -0.2) is 19.2 Å². The van der Waals surface area contributed by atoms with Crippen LogP contribution in [0.3, 0.4) is 0 Å². The second-order valence-electron chi connectivity index (χ2n) is 8.75. The molecule has 0 atom stereocenters. The van der Waals surface area contributed by atoms with E-state index in [9.17, 15) is 18.0 Å². The van der Waals surface area contributed by atoms with Crippen molar-refractivity contribution in [3.05, 3.63) is 83.9 Å². The van der Waals surface area contributed by atoms with E-state index in [0.717, 1.165) is 34.8 Å². The van der Waals surface area contributed by atoms with Crippen LogP contribution in [0.5, 0.6) is 0 Å². The quantitative estimate of drug-likeness (QED) is 0.189. The summed E-state index contributed by atoms with van der Waals surface area (Å²) in [4.78, 5) is 21.2. The Hall–Kier alpha value is -4.52. The van der Waals surface area contributed by atoms with E-state index in [0.29, 0.717) is 22.2 Å². The Morgan fingerprint density at radius 3 is 2.62 bits per heavy atom. The van der Waals surface area contributed by atoms with E-state index in [1.807, 2.05) is 30.3 Å². The largest absolute Gasteiger partial charge is 0.435 e. The summed E-state index contributed by atoms with van der Waals surface area (Å²) in [5.41, 5.74) is 3.18. The lowest BCUT2D eigenvalue weighted by atomic mass is 10.0. The maximum absolute atomic E-state index is 12.8. The number of hydrogen-bond donors (Lipinski definition) is 2. The molecule has 0 unspecified atom stereocenters. The third-order valence-corrected chi connectivity index (χ3v) is 6.29. The van der Waals surface area contributed by atoms with Gasteiger partial charge in [0.2, 0.25) is 0 Å². The molecule has 2 amide bonds. The van der Waals surface area contributed by atoms with Gasteiger partial charge < -0.3 is 5.32 Å². The maximum atomic E-state index is 12.8. The van der Waals surface area contributed by atoms with Crippen molar-refractivity contribution in [1.29, 1.82) is 0 Å². The van der Waals surface area contributed by atoms with Gasteiger partial charge >= 0.3 is 12.2 Å². The SMILES string of the molecule is CC(C)c1ccccc1NC(=O)NS/N=C/c1ccc2c(ccc3c2ncn3-c2ccc(C(F)(F)F)nn2)n1. The number of aromatic nitrogens is 5. The normalized spacial score (nSPS) is 12.1. The first-order chi connectivity index (χ1) is 18.7. The van der Waals surface area contributed by atoms with Crippen LogP contribution in [-0.4, -0.2) is 37.0 Å². The van der Waals surface area contributed by atoms with Crippen molar-refractivity contribution in [3.8, 4) is 5.82 Å². The van der Waals surface area contributed by atoms with E-state index in [4.69, 9.17) is 0 Å². The van der Waals surface area contributed by atoms with Gasteiger partial charge in [-0.1, -0.05) is 32.0 Å². The van der Waals surface area contributed by atoms with Gasteiger partial charge in [-0.15, -0.1) is 10.2 Å². The average molecular weight is 551 g/mol. The maximum Gasteiger partial charge on any atom is 0.435 e. The van der Waals surface area contributed by atoms with Crippen LogP contribution >= 0.6 is 12.1 Å². The van der Waals surface area contributed by atoms with Gasteiger partial charge in [0.1, 0.15) is 6.33 Å². The highest BCUT2D eigenvalue weighted by molar-refractivity contribution is 7.96. The molecule has 0 saturated heterocycles. The van der Waals surface area contributed by atoms with Crippen molar-refractivity contribution >= 4 is 52.0 Å². The average Bonchev–Trinajstić information content (AvgIpc) is 3.35. The molecule has 2 aromatic carbocycles. The molecule has 5 rings (SSSR count). The zero-order valence-electron chi connectivity index (χ0n) is 20.6. The molecule has 198 valence electrons. The third kappa shape index (κ3) is 5.67. The Balaban J connectivity index is 1.27. The van der Waals surface area contributed by atoms with Crippen LogP contribution in [0.2, 0.25) is 0 Å². The fraction of sp³-hybridized carbons (Fsp3) is 0.154. The number of anilines is 1. The number of halogens is 3. The Labute approximate surface area is 224 Å². The van der Waals surface area contributed by atoms with Crippen LogP contribution in [0.25, 0.3) is 27.8 Å². The minimum absolute atomic E-state index is 0.211. The molecule has 0 fully saturated rings. The molecule has 0 aliphatic rings. The van der Waals surface area contributed by atoms with Crippen LogP contribution in [-0.2, 0) is 6.18 Å². The highest BCUT2D eigenvalue weighted by Gasteiger charge is 2.33. The number of fused-ring (bicyclic) bond motifs is 3. The molecule has 3 aromatic heterocycles. The van der Waals surface area contributed by atoms with Gasteiger partial charge in [-0.05, 0) is 53.9 Å². The number of benzene rings is 2. The molecule has 0 bridgehead atoms. The van der Waals surface area contributed by atoms with Crippen molar-refractivity contribution < 1.29 is 18.0 Å². The number of carbonyl (C=O) groups excluding carboxylic acids is 1. The summed E-state index contributed by atoms with van der Waals surface area (Å²) in [6.07, 6.45) is -1.57. The lowest BCUT2D eigenvalue weighted by molar-refractivity contribution is -0.141. The van der Waals surface area contributed by atoms with Crippen molar-refractivity contribution in [1.82, 2.24) is 29.5 Å². The summed E-state index contributed by atoms with van der Waals surface area (Å²) in [7, 11) is 0. The first kappa shape index (κ1) is 26.1. The molecule has 39 heavy (non-hydrogen) atoms. The predicted molar refractivity (Wildman–Crippen MR) is 145 cm³/mol. The van der Waals surface area contributed by atoms with Crippen LogP contribution in [0.1, 0.15) is 36.7 Å². The van der Waals surface area contributed by atoms with Gasteiger partial charge in [0, 0.05) is 11.1 Å². The van der Waals surface area contributed by atoms with E-state index < -0.39 is 17.9 Å². The minimum atomic E-state index is -4.56. The molecule has 0 aliphatic heterocycles. The number of nitrogens with zero attached hydrogens (tertiary/aromatic N) is 6. The Morgan fingerprint density at radius 1 is 1.05 bits per heavy atom. The summed E-state index contributed by atoms with van der Waals surface area (Å²) in [5.74, 6) is 0.474. The second kappa shape index (κ2) is 10.7.